The number of likely N-dealkylation sites (tertiary alicyclic amines) is 1. The van der Waals surface area contributed by atoms with Gasteiger partial charge in [0.05, 0.1) is 12.1 Å². The number of thiazole rings is 1. The van der Waals surface area contributed by atoms with Gasteiger partial charge in [0.15, 0.2) is 5.13 Å². The maximum absolute atomic E-state index is 13.0. The molecule has 1 unspecified atom stereocenters. The van der Waals surface area contributed by atoms with Crippen molar-refractivity contribution in [2.45, 2.75) is 58.9 Å². The van der Waals surface area contributed by atoms with E-state index in [0.717, 1.165) is 19.5 Å². The maximum atomic E-state index is 13.0. The van der Waals surface area contributed by atoms with Gasteiger partial charge in [-0.2, -0.15) is 0 Å². The third-order valence-electron chi connectivity index (χ3n) is 6.32. The molecule has 1 aliphatic heterocycles. The van der Waals surface area contributed by atoms with Gasteiger partial charge in [0.25, 0.3) is 5.91 Å². The third-order valence-corrected chi connectivity index (χ3v) is 7.38. The summed E-state index contributed by atoms with van der Waals surface area (Å²) >= 11 is 7.20. The van der Waals surface area contributed by atoms with Gasteiger partial charge >= 0.3 is 0 Å². The number of carbonyl (C=O) groups excluding carboxylic acids is 3. The first kappa shape index (κ1) is 29.1. The highest BCUT2D eigenvalue weighted by Gasteiger charge is 2.21. The summed E-state index contributed by atoms with van der Waals surface area (Å²) in [4.78, 5) is 46.4. The molecule has 2 aromatic rings. The van der Waals surface area contributed by atoms with Gasteiger partial charge in [-0.3, -0.25) is 14.4 Å². The van der Waals surface area contributed by atoms with Crippen molar-refractivity contribution in [1.29, 1.82) is 0 Å². The van der Waals surface area contributed by atoms with Crippen LogP contribution in [0.15, 0.2) is 29.6 Å². The van der Waals surface area contributed by atoms with Crippen molar-refractivity contribution >= 4 is 45.8 Å². The smallest absolute Gasteiger partial charge is 0.254 e. The monoisotopic (exact) mass is 547 g/mol. The minimum Gasteiger partial charge on any atom is -0.356 e. The molecule has 1 aliphatic rings. The minimum atomic E-state index is -0.333. The molecule has 1 atom stereocenters. The number of rotatable bonds is 12. The fourth-order valence-corrected chi connectivity index (χ4v) is 5.29. The Kier molecular flexibility index (Phi) is 11.4. The number of halogens is 1. The zero-order chi connectivity index (χ0) is 26.8. The van der Waals surface area contributed by atoms with E-state index >= 15 is 0 Å². The van der Waals surface area contributed by atoms with Crippen LogP contribution < -0.4 is 10.6 Å². The first-order chi connectivity index (χ1) is 17.7. The van der Waals surface area contributed by atoms with Crippen molar-refractivity contribution in [2.75, 3.05) is 38.0 Å². The molecule has 0 aliphatic carbocycles. The standard InChI is InChI=1S/C27H38ClN5O3S/c1-19(2)16-33(26(36)21-8-10-22(28)11-9-21)17-25(35)31-27-30-23(18-37-27)15-24(34)29-12-6-14-32-13-5-4-7-20(32)3/h8-11,18-20H,4-7,12-17H2,1-3H3,(H,29,34)(H,30,31,35). The lowest BCUT2D eigenvalue weighted by molar-refractivity contribution is -0.120. The van der Waals surface area contributed by atoms with Gasteiger partial charge in [0, 0.05) is 41.6 Å². The molecule has 2 heterocycles. The minimum absolute atomic E-state index is 0.0773. The van der Waals surface area contributed by atoms with E-state index in [1.165, 1.54) is 35.5 Å². The molecule has 0 spiro atoms. The normalized spacial score (nSPS) is 16.0. The summed E-state index contributed by atoms with van der Waals surface area (Å²) in [7, 11) is 0. The Labute approximate surface area is 228 Å². The predicted molar refractivity (Wildman–Crippen MR) is 149 cm³/mol. The second kappa shape index (κ2) is 14.4. The number of carbonyl (C=O) groups is 3. The summed E-state index contributed by atoms with van der Waals surface area (Å²) < 4.78 is 0. The average Bonchev–Trinajstić information content (AvgIpc) is 3.28. The summed E-state index contributed by atoms with van der Waals surface area (Å²) in [5.74, 6) is -0.448. The van der Waals surface area contributed by atoms with Crippen molar-refractivity contribution < 1.29 is 14.4 Å². The highest BCUT2D eigenvalue weighted by atomic mass is 35.5. The van der Waals surface area contributed by atoms with Gasteiger partial charge in [-0.1, -0.05) is 31.9 Å². The lowest BCUT2D eigenvalue weighted by Gasteiger charge is -2.33. The largest absolute Gasteiger partial charge is 0.356 e. The molecule has 3 amide bonds. The van der Waals surface area contributed by atoms with E-state index < -0.39 is 0 Å². The van der Waals surface area contributed by atoms with E-state index in [9.17, 15) is 14.4 Å². The lowest BCUT2D eigenvalue weighted by atomic mass is 10.0. The quantitative estimate of drug-likeness (QED) is 0.383. The lowest BCUT2D eigenvalue weighted by Crippen LogP contribution is -2.40. The molecule has 2 N–H and O–H groups in total. The Hall–Kier alpha value is -2.49. The Balaban J connectivity index is 1.44. The van der Waals surface area contributed by atoms with Gasteiger partial charge < -0.3 is 20.4 Å². The molecule has 37 heavy (non-hydrogen) atoms. The van der Waals surface area contributed by atoms with Gasteiger partial charge in [-0.25, -0.2) is 4.98 Å². The van der Waals surface area contributed by atoms with Crippen molar-refractivity contribution in [3.05, 3.63) is 45.9 Å². The van der Waals surface area contributed by atoms with Crippen LogP contribution in [0.5, 0.6) is 0 Å². The SMILES string of the molecule is CC(C)CN(CC(=O)Nc1nc(CC(=O)NCCCN2CCCCC2C)cs1)C(=O)c1ccc(Cl)cc1. The van der Waals surface area contributed by atoms with Crippen molar-refractivity contribution in [3.63, 3.8) is 0 Å². The van der Waals surface area contributed by atoms with E-state index in [1.807, 2.05) is 13.8 Å². The molecule has 0 saturated carbocycles. The molecule has 0 bridgehead atoms. The zero-order valence-corrected chi connectivity index (χ0v) is 23.5. The Morgan fingerprint density at radius 2 is 1.95 bits per heavy atom. The summed E-state index contributed by atoms with van der Waals surface area (Å²) in [5, 5.41) is 8.47. The van der Waals surface area contributed by atoms with Gasteiger partial charge in [-0.15, -0.1) is 11.3 Å². The molecule has 0 radical (unpaired) electrons. The van der Waals surface area contributed by atoms with Gasteiger partial charge in [-0.05, 0) is 62.9 Å². The molecule has 202 valence electrons. The highest BCUT2D eigenvalue weighted by molar-refractivity contribution is 7.13. The number of hydrogen-bond donors (Lipinski definition) is 2. The van der Waals surface area contributed by atoms with Crippen LogP contribution in [0.2, 0.25) is 5.02 Å². The van der Waals surface area contributed by atoms with E-state index in [4.69, 9.17) is 11.6 Å². The number of piperidine rings is 1. The van der Waals surface area contributed by atoms with E-state index in [-0.39, 0.29) is 36.6 Å². The van der Waals surface area contributed by atoms with E-state index in [0.29, 0.717) is 40.5 Å². The average molecular weight is 548 g/mol. The van der Waals surface area contributed by atoms with Crippen LogP contribution in [0.1, 0.15) is 62.5 Å². The summed E-state index contributed by atoms with van der Waals surface area (Å²) in [6.45, 7) is 9.40. The number of aromatic nitrogens is 1. The Morgan fingerprint density at radius 1 is 1.19 bits per heavy atom. The fourth-order valence-electron chi connectivity index (χ4n) is 4.44. The number of amides is 3. The summed E-state index contributed by atoms with van der Waals surface area (Å²) in [5.41, 5.74) is 1.09. The first-order valence-electron chi connectivity index (χ1n) is 13.0. The number of anilines is 1. The second-order valence-electron chi connectivity index (χ2n) is 10.0. The summed E-state index contributed by atoms with van der Waals surface area (Å²) in [6, 6.07) is 7.25. The highest BCUT2D eigenvalue weighted by Crippen LogP contribution is 2.18. The number of hydrogen-bond acceptors (Lipinski definition) is 6. The number of nitrogens with zero attached hydrogens (tertiary/aromatic N) is 3. The Bertz CT molecular complexity index is 1040. The van der Waals surface area contributed by atoms with Crippen LogP contribution >= 0.6 is 22.9 Å². The second-order valence-corrected chi connectivity index (χ2v) is 11.3. The van der Waals surface area contributed by atoms with Crippen LogP contribution in [0, 0.1) is 5.92 Å². The molecule has 10 heteroatoms. The van der Waals surface area contributed by atoms with E-state index in [1.54, 1.807) is 29.6 Å². The van der Waals surface area contributed by atoms with Gasteiger partial charge in [0.1, 0.15) is 6.54 Å². The number of nitrogens with one attached hydrogen (secondary N) is 2. The summed E-state index contributed by atoms with van der Waals surface area (Å²) in [6.07, 6.45) is 4.91. The van der Waals surface area contributed by atoms with Crippen LogP contribution in [0.3, 0.4) is 0 Å². The zero-order valence-electron chi connectivity index (χ0n) is 22.0. The fraction of sp³-hybridized carbons (Fsp3) is 0.556. The predicted octanol–water partition coefficient (Wildman–Crippen LogP) is 4.46. The van der Waals surface area contributed by atoms with Crippen molar-refractivity contribution in [3.8, 4) is 0 Å². The topological polar surface area (TPSA) is 94.6 Å². The molecule has 1 aromatic heterocycles. The Morgan fingerprint density at radius 3 is 2.65 bits per heavy atom. The molecular formula is C27H38ClN5O3S. The molecule has 1 saturated heterocycles. The number of benzene rings is 1. The van der Waals surface area contributed by atoms with Crippen LogP contribution in [-0.4, -0.2) is 71.3 Å². The van der Waals surface area contributed by atoms with Gasteiger partial charge in [0.2, 0.25) is 11.8 Å². The van der Waals surface area contributed by atoms with Crippen molar-refractivity contribution in [2.24, 2.45) is 5.92 Å². The van der Waals surface area contributed by atoms with Crippen molar-refractivity contribution in [1.82, 2.24) is 20.1 Å². The van der Waals surface area contributed by atoms with Crippen LogP contribution in [0.25, 0.3) is 0 Å². The first-order valence-corrected chi connectivity index (χ1v) is 14.3. The third kappa shape index (κ3) is 9.72. The molecule has 1 aromatic carbocycles. The van der Waals surface area contributed by atoms with Crippen LogP contribution in [-0.2, 0) is 16.0 Å². The van der Waals surface area contributed by atoms with Crippen LogP contribution in [0.4, 0.5) is 5.13 Å². The molecule has 3 rings (SSSR count). The maximum Gasteiger partial charge on any atom is 0.254 e. The molecule has 8 nitrogen and oxygen atoms in total. The molecular weight excluding hydrogens is 510 g/mol. The molecule has 1 fully saturated rings. The van der Waals surface area contributed by atoms with E-state index in [2.05, 4.69) is 27.4 Å².